The Morgan fingerprint density at radius 3 is 1.82 bits per heavy atom. The highest BCUT2D eigenvalue weighted by Crippen LogP contribution is 2.29. The minimum atomic E-state index is -0.440. The van der Waals surface area contributed by atoms with Gasteiger partial charge < -0.3 is 0 Å². The predicted molar refractivity (Wildman–Crippen MR) is 81.9 cm³/mol. The van der Waals surface area contributed by atoms with Gasteiger partial charge in [0.15, 0.2) is 0 Å². The molecular weight excluding hydrogens is 285 g/mol. The minimum absolute atomic E-state index is 0.337. The Morgan fingerprint density at radius 2 is 1.18 bits per heavy atom. The molecule has 0 bridgehead atoms. The third kappa shape index (κ3) is 2.75. The molecule has 0 heterocycles. The maximum atomic E-state index is 14.3. The van der Waals surface area contributed by atoms with Crippen LogP contribution in [0.25, 0.3) is 22.3 Å². The van der Waals surface area contributed by atoms with Crippen molar-refractivity contribution in [2.45, 2.75) is 6.92 Å². The molecule has 0 fully saturated rings. The maximum absolute atomic E-state index is 14.3. The van der Waals surface area contributed by atoms with Crippen molar-refractivity contribution in [1.82, 2.24) is 0 Å². The Bertz CT molecular complexity index is 821. The second-order valence-corrected chi connectivity index (χ2v) is 5.17. The SMILES string of the molecule is Cc1ccc(-c2ccc(-c3ccc(F)cc3)cc2F)cc1F. The standard InChI is InChI=1S/C19H13F3/c1-12-2-3-15(11-18(12)21)17-9-6-14(10-19(17)22)13-4-7-16(20)8-5-13/h2-11H,1H3. The van der Waals surface area contributed by atoms with Crippen LogP contribution in [0.2, 0.25) is 0 Å². The third-order valence-electron chi connectivity index (χ3n) is 3.63. The normalized spacial score (nSPS) is 10.7. The zero-order chi connectivity index (χ0) is 15.7. The molecule has 0 aliphatic rings. The van der Waals surface area contributed by atoms with Gasteiger partial charge in [0.2, 0.25) is 0 Å². The molecule has 0 nitrogen and oxygen atoms in total. The molecule has 0 aliphatic heterocycles. The second-order valence-electron chi connectivity index (χ2n) is 5.17. The van der Waals surface area contributed by atoms with E-state index < -0.39 is 5.82 Å². The highest BCUT2D eigenvalue weighted by molar-refractivity contribution is 5.71. The van der Waals surface area contributed by atoms with E-state index in [9.17, 15) is 13.2 Å². The van der Waals surface area contributed by atoms with Crippen molar-refractivity contribution in [2.75, 3.05) is 0 Å². The van der Waals surface area contributed by atoms with Crippen LogP contribution in [0.3, 0.4) is 0 Å². The van der Waals surface area contributed by atoms with Crippen LogP contribution in [0, 0.1) is 24.4 Å². The Hall–Kier alpha value is -2.55. The van der Waals surface area contributed by atoms with Crippen molar-refractivity contribution in [3.8, 4) is 22.3 Å². The molecule has 3 heteroatoms. The second kappa shape index (κ2) is 5.68. The van der Waals surface area contributed by atoms with E-state index in [2.05, 4.69) is 0 Å². The maximum Gasteiger partial charge on any atom is 0.131 e. The van der Waals surface area contributed by atoms with Crippen LogP contribution in [0.15, 0.2) is 60.7 Å². The molecule has 0 amide bonds. The lowest BCUT2D eigenvalue weighted by molar-refractivity contribution is 0.617. The third-order valence-corrected chi connectivity index (χ3v) is 3.63. The molecule has 0 saturated carbocycles. The molecule has 22 heavy (non-hydrogen) atoms. The fraction of sp³-hybridized carbons (Fsp3) is 0.0526. The molecule has 0 radical (unpaired) electrons. The van der Waals surface area contributed by atoms with Gasteiger partial charge >= 0.3 is 0 Å². The first-order valence-corrected chi connectivity index (χ1v) is 6.86. The van der Waals surface area contributed by atoms with Crippen molar-refractivity contribution < 1.29 is 13.2 Å². The zero-order valence-electron chi connectivity index (χ0n) is 11.9. The lowest BCUT2D eigenvalue weighted by atomic mass is 9.99. The van der Waals surface area contributed by atoms with E-state index in [1.165, 1.54) is 24.3 Å². The monoisotopic (exact) mass is 298 g/mol. The molecule has 0 aromatic heterocycles. The number of hydrogen-bond acceptors (Lipinski definition) is 0. The molecule has 110 valence electrons. The highest BCUT2D eigenvalue weighted by Gasteiger charge is 2.09. The summed E-state index contributed by atoms with van der Waals surface area (Å²) in [5.41, 5.74) is 2.72. The van der Waals surface area contributed by atoms with Crippen molar-refractivity contribution in [3.63, 3.8) is 0 Å². The summed E-state index contributed by atoms with van der Waals surface area (Å²) >= 11 is 0. The van der Waals surface area contributed by atoms with Gasteiger partial charge in [-0.05, 0) is 53.4 Å². The summed E-state index contributed by atoms with van der Waals surface area (Å²) < 4.78 is 40.9. The minimum Gasteiger partial charge on any atom is -0.207 e. The first kappa shape index (κ1) is 14.4. The van der Waals surface area contributed by atoms with E-state index in [0.29, 0.717) is 22.3 Å². The topological polar surface area (TPSA) is 0 Å². The number of rotatable bonds is 2. The molecule has 0 aliphatic carbocycles. The number of hydrogen-bond donors (Lipinski definition) is 0. The molecule has 0 saturated heterocycles. The summed E-state index contributed by atoms with van der Waals surface area (Å²) in [6.45, 7) is 1.66. The quantitative estimate of drug-likeness (QED) is 0.565. The first-order valence-electron chi connectivity index (χ1n) is 6.86. The van der Waals surface area contributed by atoms with Crippen LogP contribution in [-0.2, 0) is 0 Å². The molecule has 3 aromatic carbocycles. The van der Waals surface area contributed by atoms with Crippen LogP contribution >= 0.6 is 0 Å². The fourth-order valence-corrected chi connectivity index (χ4v) is 2.33. The van der Waals surface area contributed by atoms with E-state index >= 15 is 0 Å². The van der Waals surface area contributed by atoms with Gasteiger partial charge in [-0.3, -0.25) is 0 Å². The van der Waals surface area contributed by atoms with Gasteiger partial charge in [-0.2, -0.15) is 0 Å². The molecule has 0 atom stereocenters. The zero-order valence-corrected chi connectivity index (χ0v) is 11.9. The van der Waals surface area contributed by atoms with Gasteiger partial charge in [-0.25, -0.2) is 13.2 Å². The van der Waals surface area contributed by atoms with Crippen LogP contribution in [0.4, 0.5) is 13.2 Å². The summed E-state index contributed by atoms with van der Waals surface area (Å²) in [6.07, 6.45) is 0. The molecule has 3 aromatic rings. The van der Waals surface area contributed by atoms with Gasteiger partial charge in [0, 0.05) is 5.56 Å². The first-order chi connectivity index (χ1) is 10.5. The Morgan fingerprint density at radius 1 is 0.591 bits per heavy atom. The summed E-state index contributed by atoms with van der Waals surface area (Å²) in [4.78, 5) is 0. The van der Waals surface area contributed by atoms with Gasteiger partial charge in [-0.15, -0.1) is 0 Å². The van der Waals surface area contributed by atoms with Crippen LogP contribution in [0.1, 0.15) is 5.56 Å². The van der Waals surface area contributed by atoms with Crippen molar-refractivity contribution in [2.24, 2.45) is 0 Å². The van der Waals surface area contributed by atoms with E-state index in [0.717, 1.165) is 5.56 Å². The van der Waals surface area contributed by atoms with E-state index in [1.54, 1.807) is 43.3 Å². The Balaban J connectivity index is 2.01. The van der Waals surface area contributed by atoms with Gasteiger partial charge in [0.1, 0.15) is 17.5 Å². The van der Waals surface area contributed by atoms with Crippen LogP contribution in [0.5, 0.6) is 0 Å². The smallest absolute Gasteiger partial charge is 0.131 e. The van der Waals surface area contributed by atoms with Crippen LogP contribution in [-0.4, -0.2) is 0 Å². The fourth-order valence-electron chi connectivity index (χ4n) is 2.33. The van der Waals surface area contributed by atoms with Gasteiger partial charge in [0.05, 0.1) is 0 Å². The average Bonchev–Trinajstić information content (AvgIpc) is 2.51. The van der Waals surface area contributed by atoms with Crippen molar-refractivity contribution in [1.29, 1.82) is 0 Å². The lowest BCUT2D eigenvalue weighted by Gasteiger charge is -2.08. The Labute approximate surface area is 126 Å². The van der Waals surface area contributed by atoms with Crippen molar-refractivity contribution in [3.05, 3.63) is 83.7 Å². The molecule has 0 unspecified atom stereocenters. The predicted octanol–water partition coefficient (Wildman–Crippen LogP) is 5.75. The summed E-state index contributed by atoms with van der Waals surface area (Å²) in [6, 6.07) is 15.2. The summed E-state index contributed by atoms with van der Waals surface area (Å²) in [5, 5.41) is 0. The van der Waals surface area contributed by atoms with E-state index in [-0.39, 0.29) is 11.6 Å². The number of aryl methyl sites for hydroxylation is 1. The summed E-state index contributed by atoms with van der Waals surface area (Å²) in [7, 11) is 0. The molecule has 0 N–H and O–H groups in total. The lowest BCUT2D eigenvalue weighted by Crippen LogP contribution is -1.89. The molecule has 0 spiro atoms. The van der Waals surface area contributed by atoms with Crippen LogP contribution < -0.4 is 0 Å². The van der Waals surface area contributed by atoms with Gasteiger partial charge in [0.25, 0.3) is 0 Å². The molecular formula is C19H13F3. The molecule has 3 rings (SSSR count). The largest absolute Gasteiger partial charge is 0.207 e. The van der Waals surface area contributed by atoms with Gasteiger partial charge in [-0.1, -0.05) is 36.4 Å². The number of halogens is 3. The number of benzene rings is 3. The average molecular weight is 298 g/mol. The van der Waals surface area contributed by atoms with E-state index in [1.807, 2.05) is 0 Å². The van der Waals surface area contributed by atoms with E-state index in [4.69, 9.17) is 0 Å². The summed E-state index contributed by atoms with van der Waals surface area (Å²) in [5.74, 6) is -1.14. The van der Waals surface area contributed by atoms with Crippen molar-refractivity contribution >= 4 is 0 Å². The highest BCUT2D eigenvalue weighted by atomic mass is 19.1. The Kier molecular flexibility index (Phi) is 3.72.